The first-order valence-corrected chi connectivity index (χ1v) is 20.6. The summed E-state index contributed by atoms with van der Waals surface area (Å²) >= 11 is 2.43. The van der Waals surface area contributed by atoms with Crippen LogP contribution in [-0.4, -0.2) is 23.7 Å². The van der Waals surface area contributed by atoms with Crippen molar-refractivity contribution in [2.45, 2.75) is 85.5 Å². The molecule has 4 heterocycles. The molecular formula is C49H49N5OPt. The molecule has 1 aliphatic carbocycles. The average Bonchev–Trinajstić information content (AvgIpc) is 3.68. The molecule has 0 amide bonds. The second kappa shape index (κ2) is 12.5. The van der Waals surface area contributed by atoms with Crippen LogP contribution in [-0.2, 0) is 35.6 Å². The van der Waals surface area contributed by atoms with Gasteiger partial charge in [-0.05, 0) is 40.4 Å². The summed E-state index contributed by atoms with van der Waals surface area (Å²) in [6.45, 7) is 23.4. The van der Waals surface area contributed by atoms with Crippen LogP contribution in [0, 0.1) is 16.1 Å². The predicted molar refractivity (Wildman–Crippen MR) is 226 cm³/mol. The molecule has 1 aliphatic rings. The molecule has 4 aromatic carbocycles. The zero-order valence-electron chi connectivity index (χ0n) is 33.9. The van der Waals surface area contributed by atoms with E-state index >= 15 is 0 Å². The molecule has 4 aromatic heterocycles. The number of para-hydroxylation sites is 2. The van der Waals surface area contributed by atoms with E-state index in [-0.39, 0.29) is 21.7 Å². The molecule has 0 radical (unpaired) electrons. The average molecular weight is 919 g/mol. The van der Waals surface area contributed by atoms with Crippen molar-refractivity contribution in [3.05, 3.63) is 142 Å². The topological polar surface area (TPSA) is 49.8 Å². The number of ether oxygens (including phenoxy) is 1. The molecule has 286 valence electrons. The normalized spacial score (nSPS) is 15.9. The smallest absolute Gasteiger partial charge is 0.0582 e. The number of benzene rings is 4. The third-order valence-electron chi connectivity index (χ3n) is 13.3. The number of rotatable bonds is 5. The quantitative estimate of drug-likeness (QED) is 0.173. The second-order valence-electron chi connectivity index (χ2n) is 18.1. The van der Waals surface area contributed by atoms with E-state index in [1.165, 1.54) is 38.5 Å². The molecule has 0 N–H and O–H groups in total. The number of nitrogens with zero attached hydrogens (tertiary/aromatic N) is 5. The minimum atomic E-state index is -0.0963. The summed E-state index contributed by atoms with van der Waals surface area (Å²) in [4.78, 5) is 9.67. The molecule has 9 rings (SSSR count). The molecule has 0 saturated carbocycles. The van der Waals surface area contributed by atoms with Crippen molar-refractivity contribution in [2.24, 2.45) is 5.41 Å². The third-order valence-corrected chi connectivity index (χ3v) is 14.4. The Bertz CT molecular complexity index is 2930. The molecular weight excluding hydrogens is 870 g/mol. The van der Waals surface area contributed by atoms with Gasteiger partial charge in [-0.2, -0.15) is 0 Å². The Morgan fingerprint density at radius 2 is 1.32 bits per heavy atom. The molecule has 7 heteroatoms. The summed E-state index contributed by atoms with van der Waals surface area (Å²) in [5.41, 5.74) is 11.8. The van der Waals surface area contributed by atoms with Crippen LogP contribution in [0.4, 0.5) is 0 Å². The maximum atomic E-state index is 6.73. The molecule has 0 unspecified atom stereocenters. The van der Waals surface area contributed by atoms with Crippen molar-refractivity contribution in [1.29, 1.82) is 0 Å². The van der Waals surface area contributed by atoms with E-state index in [9.17, 15) is 0 Å². The van der Waals surface area contributed by atoms with Crippen LogP contribution in [0.25, 0.3) is 50.0 Å². The van der Waals surface area contributed by atoms with Gasteiger partial charge in [0.05, 0.1) is 0 Å². The van der Waals surface area contributed by atoms with Crippen LogP contribution < -0.4 is 4.74 Å². The molecule has 0 fully saturated rings. The SMILES string of the molecule is Cc1ccnc(-n2c3cc(Oc4cncc(-n5[c](=[Pt])n(-c6ccc(C(C)(C)C)cc6)c6ccccc65)c4)ccc3c3ccc4c(c32)C(C)(C)C(C)(C)C4(C)C)c1. The van der Waals surface area contributed by atoms with Gasteiger partial charge in [-0.3, -0.25) is 0 Å². The molecule has 0 atom stereocenters. The van der Waals surface area contributed by atoms with Crippen LogP contribution >= 0.6 is 0 Å². The number of hydrogen-bond donors (Lipinski definition) is 0. The zero-order valence-corrected chi connectivity index (χ0v) is 36.2. The first kappa shape index (κ1) is 36.6. The zero-order chi connectivity index (χ0) is 39.5. The number of aryl methyl sites for hydroxylation is 1. The van der Waals surface area contributed by atoms with Gasteiger partial charge in [0.1, 0.15) is 0 Å². The monoisotopic (exact) mass is 918 g/mol. The fourth-order valence-corrected chi connectivity index (χ4v) is 10.2. The maximum absolute atomic E-state index is 6.73. The summed E-state index contributed by atoms with van der Waals surface area (Å²) in [6, 6.07) is 34.9. The van der Waals surface area contributed by atoms with Gasteiger partial charge in [0.15, 0.2) is 0 Å². The van der Waals surface area contributed by atoms with Gasteiger partial charge in [-0.25, -0.2) is 0 Å². The van der Waals surface area contributed by atoms with E-state index in [4.69, 9.17) is 14.7 Å². The first-order chi connectivity index (χ1) is 26.5. The Balaban J connectivity index is 1.18. The number of fused-ring (bicyclic) bond motifs is 6. The molecule has 0 spiro atoms. The predicted octanol–water partition coefficient (Wildman–Crippen LogP) is 12.4. The Morgan fingerprint density at radius 3 is 2.00 bits per heavy atom. The number of pyridine rings is 2. The van der Waals surface area contributed by atoms with E-state index in [1.807, 2.05) is 12.4 Å². The molecule has 6 nitrogen and oxygen atoms in total. The summed E-state index contributed by atoms with van der Waals surface area (Å²) in [7, 11) is 0. The first-order valence-electron chi connectivity index (χ1n) is 19.5. The van der Waals surface area contributed by atoms with Crippen molar-refractivity contribution in [3.63, 3.8) is 0 Å². The van der Waals surface area contributed by atoms with Crippen LogP contribution in [0.3, 0.4) is 0 Å². The number of aromatic nitrogens is 5. The molecule has 0 bridgehead atoms. The fraction of sp³-hybridized carbons (Fsp3) is 0.286. The molecule has 0 saturated heterocycles. The van der Waals surface area contributed by atoms with Crippen molar-refractivity contribution < 1.29 is 24.1 Å². The Labute approximate surface area is 340 Å². The minimum Gasteiger partial charge on any atom is -0.0582 e. The van der Waals surface area contributed by atoms with E-state index in [0.29, 0.717) is 5.75 Å². The van der Waals surface area contributed by atoms with Crippen molar-refractivity contribution in [3.8, 4) is 28.7 Å². The standard InChI is InChI=1S/C49H49N5O.Pt/c1-31-23-24-51-43(25-31)54-42-27-35(19-20-37(42)38-21-22-39-44(45(38)54)48(7,8)49(9,10)47(39,5)6)55-36-26-34(28-50-29-36)53-30-52(40-13-11-12-14-41(40)53)33-17-15-32(16-18-33)46(2,3)4;/h11-29H,1-10H3;. The molecule has 0 aliphatic heterocycles. The van der Waals surface area contributed by atoms with Gasteiger partial charge < -0.3 is 0 Å². The minimum absolute atomic E-state index is 0.0171. The van der Waals surface area contributed by atoms with Gasteiger partial charge in [-0.15, -0.1) is 0 Å². The Kier molecular flexibility index (Phi) is 8.14. The van der Waals surface area contributed by atoms with Crippen molar-refractivity contribution >= 4 is 32.8 Å². The fourth-order valence-electron chi connectivity index (χ4n) is 9.05. The van der Waals surface area contributed by atoms with Crippen LogP contribution in [0.1, 0.15) is 84.6 Å². The van der Waals surface area contributed by atoms with E-state index in [0.717, 1.165) is 43.3 Å². The summed E-state index contributed by atoms with van der Waals surface area (Å²) in [5.74, 6) is 2.32. The van der Waals surface area contributed by atoms with Crippen LogP contribution in [0.15, 0.2) is 116 Å². The van der Waals surface area contributed by atoms with Gasteiger partial charge in [0, 0.05) is 6.20 Å². The van der Waals surface area contributed by atoms with E-state index < -0.39 is 0 Å². The molecule has 56 heavy (non-hydrogen) atoms. The Hall–Kier alpha value is -5.06. The van der Waals surface area contributed by atoms with Gasteiger partial charge in [0.25, 0.3) is 0 Å². The van der Waals surface area contributed by atoms with Gasteiger partial charge in [-0.1, -0.05) is 47.6 Å². The third kappa shape index (κ3) is 5.28. The summed E-state index contributed by atoms with van der Waals surface area (Å²) in [6.07, 6.45) is 5.62. The van der Waals surface area contributed by atoms with E-state index in [1.54, 1.807) is 6.20 Å². The summed E-state index contributed by atoms with van der Waals surface area (Å²) in [5, 5.41) is 2.41. The Morgan fingerprint density at radius 1 is 0.643 bits per heavy atom. The van der Waals surface area contributed by atoms with Gasteiger partial charge >= 0.3 is 248 Å². The van der Waals surface area contributed by atoms with Crippen molar-refractivity contribution in [2.75, 3.05) is 0 Å². The molecule has 8 aromatic rings. The number of imidazole rings is 1. The van der Waals surface area contributed by atoms with Crippen LogP contribution in [0.5, 0.6) is 11.5 Å². The van der Waals surface area contributed by atoms with Crippen LogP contribution in [0.2, 0.25) is 0 Å². The van der Waals surface area contributed by atoms with Gasteiger partial charge in [0.2, 0.25) is 0 Å². The van der Waals surface area contributed by atoms with Crippen molar-refractivity contribution in [1.82, 2.24) is 23.7 Å². The summed E-state index contributed by atoms with van der Waals surface area (Å²) < 4.78 is 14.7. The second-order valence-corrected chi connectivity index (χ2v) is 19.2. The van der Waals surface area contributed by atoms with E-state index in [2.05, 4.69) is 199 Å². The number of hydrogen-bond acceptors (Lipinski definition) is 3.